The maximum atomic E-state index is 5.68. The number of ether oxygens (including phenoxy) is 1. The van der Waals surface area contributed by atoms with E-state index in [9.17, 15) is 0 Å². The van der Waals surface area contributed by atoms with Crippen LogP contribution >= 0.6 is 11.3 Å². The largest absolute Gasteiger partial charge is 0.377 e. The molecule has 0 aromatic carbocycles. The maximum absolute atomic E-state index is 5.68. The van der Waals surface area contributed by atoms with Gasteiger partial charge in [0.15, 0.2) is 0 Å². The van der Waals surface area contributed by atoms with Gasteiger partial charge >= 0.3 is 0 Å². The van der Waals surface area contributed by atoms with E-state index in [0.29, 0.717) is 12.1 Å². The summed E-state index contributed by atoms with van der Waals surface area (Å²) in [4.78, 5) is 0. The van der Waals surface area contributed by atoms with Crippen LogP contribution in [-0.4, -0.2) is 19.3 Å². The minimum Gasteiger partial charge on any atom is -0.377 e. The molecular weight excluding hydrogens is 206 g/mol. The van der Waals surface area contributed by atoms with Gasteiger partial charge in [0.2, 0.25) is 0 Å². The SMILES string of the molecule is CCNC(COC(C)C)c1cscc1C. The molecule has 1 unspecified atom stereocenters. The first kappa shape index (κ1) is 12.7. The van der Waals surface area contributed by atoms with Gasteiger partial charge in [-0.05, 0) is 49.2 Å². The first-order valence-corrected chi connectivity index (χ1v) is 6.47. The highest BCUT2D eigenvalue weighted by atomic mass is 32.1. The predicted molar refractivity (Wildman–Crippen MR) is 66.6 cm³/mol. The van der Waals surface area contributed by atoms with Crippen LogP contribution in [0.15, 0.2) is 10.8 Å². The van der Waals surface area contributed by atoms with Gasteiger partial charge in [-0.25, -0.2) is 0 Å². The molecule has 0 saturated carbocycles. The normalized spacial score (nSPS) is 13.4. The van der Waals surface area contributed by atoms with Crippen molar-refractivity contribution in [2.24, 2.45) is 0 Å². The molecule has 3 heteroatoms. The summed E-state index contributed by atoms with van der Waals surface area (Å²) in [5.41, 5.74) is 2.74. The fraction of sp³-hybridized carbons (Fsp3) is 0.667. The van der Waals surface area contributed by atoms with E-state index in [1.54, 1.807) is 11.3 Å². The molecule has 2 nitrogen and oxygen atoms in total. The van der Waals surface area contributed by atoms with Crippen molar-refractivity contribution in [2.45, 2.75) is 39.8 Å². The van der Waals surface area contributed by atoms with E-state index < -0.39 is 0 Å². The summed E-state index contributed by atoms with van der Waals surface area (Å²) in [6.45, 7) is 10.2. The molecule has 1 atom stereocenters. The van der Waals surface area contributed by atoms with Gasteiger partial charge in [-0.15, -0.1) is 0 Å². The highest BCUT2D eigenvalue weighted by Gasteiger charge is 2.14. The molecule has 86 valence electrons. The first-order chi connectivity index (χ1) is 7.15. The standard InChI is InChI=1S/C12H21NOS/c1-5-13-12(6-14-9(2)3)11-8-15-7-10(11)4/h7-9,12-13H,5-6H2,1-4H3. The molecule has 1 rings (SSSR count). The van der Waals surface area contributed by atoms with Crippen molar-refractivity contribution in [1.29, 1.82) is 0 Å². The highest BCUT2D eigenvalue weighted by Crippen LogP contribution is 2.22. The number of likely N-dealkylation sites (N-methyl/N-ethyl adjacent to an activating group) is 1. The van der Waals surface area contributed by atoms with Crippen LogP contribution in [0.25, 0.3) is 0 Å². The van der Waals surface area contributed by atoms with Gasteiger partial charge in [0.25, 0.3) is 0 Å². The lowest BCUT2D eigenvalue weighted by Gasteiger charge is -2.19. The molecule has 1 N–H and O–H groups in total. The molecule has 0 fully saturated rings. The van der Waals surface area contributed by atoms with Gasteiger partial charge in [-0.1, -0.05) is 6.92 Å². The van der Waals surface area contributed by atoms with E-state index in [-0.39, 0.29) is 0 Å². The molecule has 15 heavy (non-hydrogen) atoms. The van der Waals surface area contributed by atoms with Crippen molar-refractivity contribution in [1.82, 2.24) is 5.32 Å². The summed E-state index contributed by atoms with van der Waals surface area (Å²) in [5.74, 6) is 0. The van der Waals surface area contributed by atoms with Crippen LogP contribution in [0.1, 0.15) is 37.9 Å². The number of thiophene rings is 1. The maximum Gasteiger partial charge on any atom is 0.0665 e. The van der Waals surface area contributed by atoms with Crippen LogP contribution in [0, 0.1) is 6.92 Å². The van der Waals surface area contributed by atoms with E-state index in [2.05, 4.69) is 43.8 Å². The summed E-state index contributed by atoms with van der Waals surface area (Å²) in [5, 5.41) is 7.87. The predicted octanol–water partition coefficient (Wildman–Crippen LogP) is 3.13. The van der Waals surface area contributed by atoms with Gasteiger partial charge in [-0.2, -0.15) is 11.3 Å². The molecule has 0 spiro atoms. The van der Waals surface area contributed by atoms with E-state index in [1.165, 1.54) is 11.1 Å². The molecule has 0 bridgehead atoms. The lowest BCUT2D eigenvalue weighted by atomic mass is 10.1. The zero-order chi connectivity index (χ0) is 11.3. The van der Waals surface area contributed by atoms with Crippen LogP contribution in [-0.2, 0) is 4.74 Å². The van der Waals surface area contributed by atoms with Crippen LogP contribution < -0.4 is 5.32 Å². The second kappa shape index (κ2) is 6.26. The zero-order valence-corrected chi connectivity index (χ0v) is 10.9. The molecule has 1 aromatic rings. The number of rotatable bonds is 6. The van der Waals surface area contributed by atoms with Crippen molar-refractivity contribution in [3.8, 4) is 0 Å². The molecule has 0 aliphatic heterocycles. The van der Waals surface area contributed by atoms with Crippen LogP contribution in [0.3, 0.4) is 0 Å². The summed E-state index contributed by atoms with van der Waals surface area (Å²) in [7, 11) is 0. The Balaban J connectivity index is 2.61. The Morgan fingerprint density at radius 1 is 1.40 bits per heavy atom. The zero-order valence-electron chi connectivity index (χ0n) is 10.0. The van der Waals surface area contributed by atoms with Crippen LogP contribution in [0.4, 0.5) is 0 Å². The molecule has 0 aliphatic carbocycles. The highest BCUT2D eigenvalue weighted by molar-refractivity contribution is 7.08. The summed E-state index contributed by atoms with van der Waals surface area (Å²) >= 11 is 1.76. The van der Waals surface area contributed by atoms with Crippen molar-refractivity contribution in [3.05, 3.63) is 21.9 Å². The smallest absolute Gasteiger partial charge is 0.0665 e. The number of hydrogen-bond donors (Lipinski definition) is 1. The Bertz CT molecular complexity index is 283. The van der Waals surface area contributed by atoms with Crippen LogP contribution in [0.2, 0.25) is 0 Å². The van der Waals surface area contributed by atoms with E-state index in [1.807, 2.05) is 0 Å². The summed E-state index contributed by atoms with van der Waals surface area (Å²) in [6, 6.07) is 0.337. The topological polar surface area (TPSA) is 21.3 Å². The lowest BCUT2D eigenvalue weighted by Crippen LogP contribution is -2.26. The second-order valence-electron chi connectivity index (χ2n) is 4.00. The number of aryl methyl sites for hydroxylation is 1. The fourth-order valence-electron chi connectivity index (χ4n) is 1.52. The molecular formula is C12H21NOS. The minimum absolute atomic E-state index is 0.296. The molecule has 0 saturated heterocycles. The van der Waals surface area contributed by atoms with Gasteiger partial charge in [0.1, 0.15) is 0 Å². The van der Waals surface area contributed by atoms with Crippen molar-refractivity contribution in [2.75, 3.05) is 13.2 Å². The third-order valence-corrected chi connectivity index (χ3v) is 3.20. The van der Waals surface area contributed by atoms with E-state index in [0.717, 1.165) is 13.2 Å². The molecule has 0 amide bonds. The Labute approximate surface area is 96.7 Å². The quantitative estimate of drug-likeness (QED) is 0.806. The Morgan fingerprint density at radius 2 is 2.13 bits per heavy atom. The Morgan fingerprint density at radius 3 is 2.60 bits per heavy atom. The third-order valence-electron chi connectivity index (χ3n) is 2.32. The fourth-order valence-corrected chi connectivity index (χ4v) is 2.43. The van der Waals surface area contributed by atoms with Gasteiger partial charge < -0.3 is 10.1 Å². The summed E-state index contributed by atoms with van der Waals surface area (Å²) < 4.78 is 5.68. The third kappa shape index (κ3) is 3.93. The Hall–Kier alpha value is -0.380. The molecule has 0 radical (unpaired) electrons. The van der Waals surface area contributed by atoms with Gasteiger partial charge in [0, 0.05) is 0 Å². The van der Waals surface area contributed by atoms with E-state index >= 15 is 0 Å². The van der Waals surface area contributed by atoms with Crippen molar-refractivity contribution >= 4 is 11.3 Å². The van der Waals surface area contributed by atoms with Gasteiger partial charge in [-0.3, -0.25) is 0 Å². The number of nitrogens with one attached hydrogen (secondary N) is 1. The molecule has 1 aromatic heterocycles. The molecule has 1 heterocycles. The first-order valence-electron chi connectivity index (χ1n) is 5.52. The lowest BCUT2D eigenvalue weighted by molar-refractivity contribution is 0.0614. The Kier molecular flexibility index (Phi) is 5.29. The average Bonchev–Trinajstić information content (AvgIpc) is 2.59. The van der Waals surface area contributed by atoms with Crippen LogP contribution in [0.5, 0.6) is 0 Å². The van der Waals surface area contributed by atoms with E-state index in [4.69, 9.17) is 4.74 Å². The molecule has 0 aliphatic rings. The second-order valence-corrected chi connectivity index (χ2v) is 4.75. The number of hydrogen-bond acceptors (Lipinski definition) is 3. The average molecular weight is 227 g/mol. The van der Waals surface area contributed by atoms with Gasteiger partial charge in [0.05, 0.1) is 18.8 Å². The van der Waals surface area contributed by atoms with Crippen molar-refractivity contribution < 1.29 is 4.74 Å². The minimum atomic E-state index is 0.296. The summed E-state index contributed by atoms with van der Waals surface area (Å²) in [6.07, 6.45) is 0.296. The monoisotopic (exact) mass is 227 g/mol. The van der Waals surface area contributed by atoms with Crippen molar-refractivity contribution in [3.63, 3.8) is 0 Å².